The van der Waals surface area contributed by atoms with Crippen molar-refractivity contribution in [3.8, 4) is 0 Å². The fourth-order valence-electron chi connectivity index (χ4n) is 3.83. The van der Waals surface area contributed by atoms with Gasteiger partial charge in [-0.25, -0.2) is 0 Å². The van der Waals surface area contributed by atoms with Crippen LogP contribution in [0.4, 0.5) is 0 Å². The summed E-state index contributed by atoms with van der Waals surface area (Å²) in [5.41, 5.74) is 5.77. The van der Waals surface area contributed by atoms with Crippen LogP contribution in [0.1, 0.15) is 32.1 Å². The third kappa shape index (κ3) is 2.62. The minimum Gasteiger partial charge on any atom is -0.329 e. The first-order valence-corrected chi connectivity index (χ1v) is 9.23. The number of nitrogens with zero attached hydrogens (tertiary/aromatic N) is 3. The molecular formula is C13H26N4O2S. The van der Waals surface area contributed by atoms with Crippen LogP contribution in [0.3, 0.4) is 0 Å². The molecule has 3 heterocycles. The predicted octanol–water partition coefficient (Wildman–Crippen LogP) is -0.176. The summed E-state index contributed by atoms with van der Waals surface area (Å²) in [7, 11) is -3.33. The molecule has 6 nitrogen and oxygen atoms in total. The summed E-state index contributed by atoms with van der Waals surface area (Å²) in [6.45, 7) is 4.37. The van der Waals surface area contributed by atoms with E-state index in [4.69, 9.17) is 5.73 Å². The third-order valence-electron chi connectivity index (χ3n) is 5.02. The van der Waals surface area contributed by atoms with Crippen LogP contribution in [0.25, 0.3) is 0 Å². The van der Waals surface area contributed by atoms with Crippen LogP contribution in [-0.4, -0.2) is 73.3 Å². The zero-order valence-electron chi connectivity index (χ0n) is 12.1. The molecule has 3 rings (SSSR count). The second-order valence-electron chi connectivity index (χ2n) is 6.19. The topological polar surface area (TPSA) is 69.9 Å². The number of piperidine rings is 1. The van der Waals surface area contributed by atoms with Crippen molar-refractivity contribution in [2.45, 2.75) is 44.2 Å². The van der Waals surface area contributed by atoms with Gasteiger partial charge < -0.3 is 5.73 Å². The molecule has 3 fully saturated rings. The zero-order valence-corrected chi connectivity index (χ0v) is 12.9. The number of piperazine rings is 1. The van der Waals surface area contributed by atoms with E-state index in [2.05, 4.69) is 4.90 Å². The average molecular weight is 302 g/mol. The lowest BCUT2D eigenvalue weighted by Gasteiger charge is -2.42. The molecule has 20 heavy (non-hydrogen) atoms. The highest BCUT2D eigenvalue weighted by atomic mass is 32.2. The van der Waals surface area contributed by atoms with Crippen LogP contribution in [-0.2, 0) is 10.2 Å². The van der Waals surface area contributed by atoms with Crippen molar-refractivity contribution in [3.63, 3.8) is 0 Å². The Morgan fingerprint density at radius 3 is 2.65 bits per heavy atom. The lowest BCUT2D eigenvalue weighted by Crippen LogP contribution is -2.58. The molecule has 116 valence electrons. The molecule has 0 spiro atoms. The van der Waals surface area contributed by atoms with Gasteiger partial charge in [-0.1, -0.05) is 6.42 Å². The smallest absolute Gasteiger partial charge is 0.282 e. The summed E-state index contributed by atoms with van der Waals surface area (Å²) in [6.07, 6.45) is 5.28. The van der Waals surface area contributed by atoms with Crippen LogP contribution in [0.15, 0.2) is 0 Å². The molecular weight excluding hydrogens is 276 g/mol. The molecule has 0 saturated carbocycles. The first-order chi connectivity index (χ1) is 9.63. The van der Waals surface area contributed by atoms with E-state index in [0.717, 1.165) is 38.8 Å². The first kappa shape index (κ1) is 14.7. The second-order valence-corrected chi connectivity index (χ2v) is 8.07. The number of nitrogens with two attached hydrogens (primary N) is 1. The van der Waals surface area contributed by atoms with E-state index in [1.165, 1.54) is 6.42 Å². The molecule has 2 unspecified atom stereocenters. The Labute approximate surface area is 122 Å². The van der Waals surface area contributed by atoms with Crippen molar-refractivity contribution < 1.29 is 8.42 Å². The maximum atomic E-state index is 12.9. The van der Waals surface area contributed by atoms with E-state index in [1.807, 2.05) is 0 Å². The highest BCUT2D eigenvalue weighted by Gasteiger charge is 2.40. The van der Waals surface area contributed by atoms with Crippen molar-refractivity contribution in [3.05, 3.63) is 0 Å². The average Bonchev–Trinajstić information content (AvgIpc) is 2.94. The largest absolute Gasteiger partial charge is 0.329 e. The summed E-state index contributed by atoms with van der Waals surface area (Å²) < 4.78 is 29.1. The first-order valence-electron chi connectivity index (χ1n) is 7.84. The second kappa shape index (κ2) is 5.88. The predicted molar refractivity (Wildman–Crippen MR) is 78.5 cm³/mol. The van der Waals surface area contributed by atoms with Crippen LogP contribution >= 0.6 is 0 Å². The van der Waals surface area contributed by atoms with Crippen LogP contribution in [0.2, 0.25) is 0 Å². The highest BCUT2D eigenvalue weighted by Crippen LogP contribution is 2.27. The zero-order chi connectivity index (χ0) is 14.2. The molecule has 3 aliphatic heterocycles. The lowest BCUT2D eigenvalue weighted by atomic mass is 10.1. The summed E-state index contributed by atoms with van der Waals surface area (Å²) in [5, 5.41) is 0. The van der Waals surface area contributed by atoms with Gasteiger partial charge in [0.05, 0.1) is 0 Å². The van der Waals surface area contributed by atoms with Crippen LogP contribution < -0.4 is 5.73 Å². The van der Waals surface area contributed by atoms with Crippen molar-refractivity contribution in [1.82, 2.24) is 13.5 Å². The minimum absolute atomic E-state index is 0.00430. The van der Waals surface area contributed by atoms with Crippen molar-refractivity contribution >= 4 is 10.2 Å². The Hall–Kier alpha value is -0.210. The van der Waals surface area contributed by atoms with E-state index in [1.54, 1.807) is 8.61 Å². The Morgan fingerprint density at radius 2 is 1.85 bits per heavy atom. The number of hydrogen-bond acceptors (Lipinski definition) is 4. The van der Waals surface area contributed by atoms with Gasteiger partial charge >= 0.3 is 0 Å². The van der Waals surface area contributed by atoms with E-state index < -0.39 is 10.2 Å². The normalized spacial score (nSPS) is 34.2. The molecule has 0 aromatic rings. The maximum absolute atomic E-state index is 12.9. The van der Waals surface area contributed by atoms with Gasteiger partial charge in [0.25, 0.3) is 10.2 Å². The summed E-state index contributed by atoms with van der Waals surface area (Å²) in [5.74, 6) is 0. The lowest BCUT2D eigenvalue weighted by molar-refractivity contribution is 0.145. The fraction of sp³-hybridized carbons (Fsp3) is 1.00. The van der Waals surface area contributed by atoms with Crippen molar-refractivity contribution in [1.29, 1.82) is 0 Å². The monoisotopic (exact) mass is 302 g/mol. The van der Waals surface area contributed by atoms with Gasteiger partial charge in [-0.3, -0.25) is 4.90 Å². The molecule has 0 amide bonds. The molecule has 2 N–H and O–H groups in total. The van der Waals surface area contributed by atoms with Crippen LogP contribution in [0, 0.1) is 0 Å². The third-order valence-corrected chi connectivity index (χ3v) is 7.08. The van der Waals surface area contributed by atoms with Gasteiger partial charge in [0.1, 0.15) is 0 Å². The summed E-state index contributed by atoms with van der Waals surface area (Å²) >= 11 is 0. The van der Waals surface area contributed by atoms with Gasteiger partial charge in [0.2, 0.25) is 0 Å². The Kier molecular flexibility index (Phi) is 4.33. The van der Waals surface area contributed by atoms with Gasteiger partial charge in [-0.15, -0.1) is 0 Å². The number of fused-ring (bicyclic) bond motifs is 1. The molecule has 0 aromatic heterocycles. The van der Waals surface area contributed by atoms with Gasteiger partial charge in [0.15, 0.2) is 0 Å². The molecule has 7 heteroatoms. The van der Waals surface area contributed by atoms with Crippen molar-refractivity contribution in [2.24, 2.45) is 5.73 Å². The number of rotatable bonds is 3. The van der Waals surface area contributed by atoms with E-state index in [0.29, 0.717) is 32.2 Å². The van der Waals surface area contributed by atoms with E-state index in [-0.39, 0.29) is 6.04 Å². The standard InChI is InChI=1S/C13H26N4O2S/c14-10-12-4-1-2-7-17(12)20(18,19)16-9-8-15-6-3-5-13(15)11-16/h12-13H,1-11,14H2. The van der Waals surface area contributed by atoms with Crippen LogP contribution in [0.5, 0.6) is 0 Å². The molecule has 0 aromatic carbocycles. The van der Waals surface area contributed by atoms with E-state index in [9.17, 15) is 8.42 Å². The molecule has 3 saturated heterocycles. The minimum atomic E-state index is -3.33. The molecule has 3 aliphatic rings. The Balaban J connectivity index is 1.73. The fourth-order valence-corrected chi connectivity index (χ4v) is 5.73. The summed E-state index contributed by atoms with van der Waals surface area (Å²) in [4.78, 5) is 2.43. The highest BCUT2D eigenvalue weighted by molar-refractivity contribution is 7.86. The molecule has 0 radical (unpaired) electrons. The molecule has 0 bridgehead atoms. The summed E-state index contributed by atoms with van der Waals surface area (Å²) in [6, 6.07) is 0.426. The molecule has 2 atom stereocenters. The maximum Gasteiger partial charge on any atom is 0.282 e. The Morgan fingerprint density at radius 1 is 1.00 bits per heavy atom. The molecule has 0 aliphatic carbocycles. The number of hydrogen-bond donors (Lipinski definition) is 1. The SMILES string of the molecule is NCC1CCCCN1S(=O)(=O)N1CCN2CCCC2C1. The Bertz CT molecular complexity index is 442. The van der Waals surface area contributed by atoms with E-state index >= 15 is 0 Å². The van der Waals surface area contributed by atoms with Gasteiger partial charge in [-0.2, -0.15) is 17.0 Å². The quantitative estimate of drug-likeness (QED) is 0.785. The van der Waals surface area contributed by atoms with Gasteiger partial charge in [-0.05, 0) is 32.2 Å². The van der Waals surface area contributed by atoms with Gasteiger partial charge in [0, 0.05) is 44.8 Å². The van der Waals surface area contributed by atoms with Crippen molar-refractivity contribution in [2.75, 3.05) is 39.3 Å².